The molecular formula is C32H46N4O8. The monoisotopic (exact) mass is 614 g/mol. The van der Waals surface area contributed by atoms with Gasteiger partial charge in [0, 0.05) is 49.7 Å². The fourth-order valence-electron chi connectivity index (χ4n) is 5.47. The molecular weight excluding hydrogens is 568 g/mol. The topological polar surface area (TPSA) is 141 Å². The number of ether oxygens (including phenoxy) is 4. The highest BCUT2D eigenvalue weighted by atomic mass is 16.6. The molecule has 2 aliphatic carbocycles. The Labute approximate surface area is 258 Å². The van der Waals surface area contributed by atoms with Gasteiger partial charge in [0.15, 0.2) is 0 Å². The number of aromatic nitrogens is 4. The van der Waals surface area contributed by atoms with Crippen molar-refractivity contribution in [2.45, 2.75) is 65.2 Å². The molecule has 0 aromatic carbocycles. The number of hydrogen-bond acceptors (Lipinski definition) is 10. The maximum Gasteiger partial charge on any atom is 0.309 e. The summed E-state index contributed by atoms with van der Waals surface area (Å²) < 4.78 is 26.1. The second-order valence-corrected chi connectivity index (χ2v) is 12.1. The summed E-state index contributed by atoms with van der Waals surface area (Å²) in [7, 11) is 3.76. The molecule has 0 saturated heterocycles. The van der Waals surface area contributed by atoms with Gasteiger partial charge in [-0.2, -0.15) is 0 Å². The largest absolute Gasteiger partial charge is 0.465 e. The van der Waals surface area contributed by atoms with Crippen LogP contribution in [0.1, 0.15) is 63.8 Å². The van der Waals surface area contributed by atoms with Gasteiger partial charge >= 0.3 is 23.9 Å². The van der Waals surface area contributed by atoms with Gasteiger partial charge in [-0.1, -0.05) is 13.8 Å². The van der Waals surface area contributed by atoms with Crippen LogP contribution in [0.3, 0.4) is 0 Å². The minimum atomic E-state index is -0.513. The van der Waals surface area contributed by atoms with Crippen molar-refractivity contribution in [1.82, 2.24) is 19.1 Å². The summed E-state index contributed by atoms with van der Waals surface area (Å²) in [5, 5.41) is 0. The summed E-state index contributed by atoms with van der Waals surface area (Å²) in [6, 6.07) is 0. The van der Waals surface area contributed by atoms with Crippen LogP contribution in [-0.4, -0.2) is 69.4 Å². The Balaban J connectivity index is 1.30. The van der Waals surface area contributed by atoms with Gasteiger partial charge in [-0.05, 0) is 51.4 Å². The minimum absolute atomic E-state index is 0.0324. The third-order valence-electron chi connectivity index (χ3n) is 8.67. The van der Waals surface area contributed by atoms with Crippen molar-refractivity contribution < 1.29 is 38.1 Å². The van der Waals surface area contributed by atoms with Crippen LogP contribution in [0.4, 0.5) is 0 Å². The third kappa shape index (κ3) is 9.40. The van der Waals surface area contributed by atoms with Crippen LogP contribution in [0.15, 0.2) is 25.0 Å². The molecule has 44 heavy (non-hydrogen) atoms. The van der Waals surface area contributed by atoms with E-state index in [1.165, 1.54) is 0 Å². The van der Waals surface area contributed by atoms with Gasteiger partial charge in [-0.3, -0.25) is 19.2 Å². The van der Waals surface area contributed by atoms with E-state index in [4.69, 9.17) is 18.9 Å². The van der Waals surface area contributed by atoms with Gasteiger partial charge in [0.1, 0.15) is 13.2 Å². The standard InChI is InChI=1S/C32H46N4O8/c1-5-27(23(13-25-15-33-19-35(25)3)17-43-29(37)21-7-8-21)31(39)41-11-12-42-32(40)28(6-2)24(14-26-16-34-20-36(26)4)18-44-30(38)22-9-10-22/h15-16,19-24,27-28H,5-14,17-18H2,1-4H3. The van der Waals surface area contributed by atoms with Crippen LogP contribution in [0.5, 0.6) is 0 Å². The SMILES string of the molecule is CCC(C(=O)OCCOC(=O)C(CC)C(COC(=O)C1CC1)Cc1cncn1C)C(COC(=O)C1CC1)Cc1cncn1C. The van der Waals surface area contributed by atoms with Crippen molar-refractivity contribution >= 4 is 23.9 Å². The Hall–Kier alpha value is -3.70. The molecule has 4 rings (SSSR count). The molecule has 12 heteroatoms. The van der Waals surface area contributed by atoms with E-state index in [2.05, 4.69) is 9.97 Å². The van der Waals surface area contributed by atoms with E-state index in [-0.39, 0.29) is 62.0 Å². The average Bonchev–Trinajstić information content (AvgIpc) is 3.94. The first-order chi connectivity index (χ1) is 21.2. The smallest absolute Gasteiger partial charge is 0.309 e. The summed E-state index contributed by atoms with van der Waals surface area (Å²) in [6.07, 6.45) is 12.2. The molecule has 2 saturated carbocycles. The first kappa shape index (κ1) is 33.2. The van der Waals surface area contributed by atoms with Gasteiger partial charge in [0.05, 0.1) is 49.5 Å². The van der Waals surface area contributed by atoms with Gasteiger partial charge < -0.3 is 28.1 Å². The highest BCUT2D eigenvalue weighted by Gasteiger charge is 2.36. The van der Waals surface area contributed by atoms with Gasteiger partial charge in [0.2, 0.25) is 0 Å². The number of rotatable bonds is 19. The number of imidazole rings is 2. The van der Waals surface area contributed by atoms with Crippen LogP contribution in [0.25, 0.3) is 0 Å². The van der Waals surface area contributed by atoms with Crippen molar-refractivity contribution in [2.24, 2.45) is 49.6 Å². The van der Waals surface area contributed by atoms with Crippen molar-refractivity contribution in [2.75, 3.05) is 26.4 Å². The van der Waals surface area contributed by atoms with Crippen molar-refractivity contribution in [3.63, 3.8) is 0 Å². The molecule has 0 amide bonds. The number of hydrogen-bond donors (Lipinski definition) is 0. The molecule has 0 radical (unpaired) electrons. The first-order valence-corrected chi connectivity index (χ1v) is 15.8. The second kappa shape index (κ2) is 15.9. The van der Waals surface area contributed by atoms with Gasteiger partial charge in [-0.25, -0.2) is 9.97 Å². The van der Waals surface area contributed by atoms with Crippen molar-refractivity contribution in [3.05, 3.63) is 36.4 Å². The van der Waals surface area contributed by atoms with E-state index < -0.39 is 23.8 Å². The molecule has 0 spiro atoms. The molecule has 2 aromatic heterocycles. The summed E-state index contributed by atoms with van der Waals surface area (Å²) in [5.41, 5.74) is 1.85. The zero-order valence-electron chi connectivity index (χ0n) is 26.3. The quantitative estimate of drug-likeness (QED) is 0.132. The van der Waals surface area contributed by atoms with Gasteiger partial charge in [-0.15, -0.1) is 0 Å². The molecule has 0 aliphatic heterocycles. The van der Waals surface area contributed by atoms with E-state index in [1.807, 2.05) is 37.1 Å². The van der Waals surface area contributed by atoms with E-state index in [9.17, 15) is 19.2 Å². The number of esters is 4. The predicted octanol–water partition coefficient (Wildman–Crippen LogP) is 3.22. The number of nitrogens with zero attached hydrogens (tertiary/aromatic N) is 4. The lowest BCUT2D eigenvalue weighted by atomic mass is 9.87. The lowest BCUT2D eigenvalue weighted by molar-refractivity contribution is -0.162. The molecule has 0 N–H and O–H groups in total. The highest BCUT2D eigenvalue weighted by molar-refractivity contribution is 5.76. The molecule has 242 valence electrons. The Morgan fingerprint density at radius 3 is 1.39 bits per heavy atom. The normalized spacial score (nSPS) is 17.3. The minimum Gasteiger partial charge on any atom is -0.465 e. The maximum atomic E-state index is 13.2. The average molecular weight is 615 g/mol. The molecule has 2 heterocycles. The van der Waals surface area contributed by atoms with Crippen molar-refractivity contribution in [3.8, 4) is 0 Å². The van der Waals surface area contributed by atoms with Crippen molar-refractivity contribution in [1.29, 1.82) is 0 Å². The lowest BCUT2D eigenvalue weighted by Gasteiger charge is -2.26. The zero-order valence-corrected chi connectivity index (χ0v) is 26.3. The summed E-state index contributed by atoms with van der Waals surface area (Å²) >= 11 is 0. The predicted molar refractivity (Wildman–Crippen MR) is 158 cm³/mol. The molecule has 0 bridgehead atoms. The zero-order chi connectivity index (χ0) is 31.6. The third-order valence-corrected chi connectivity index (χ3v) is 8.67. The molecule has 4 atom stereocenters. The highest BCUT2D eigenvalue weighted by Crippen LogP contribution is 2.32. The van der Waals surface area contributed by atoms with Crippen LogP contribution in [-0.2, 0) is 65.1 Å². The van der Waals surface area contributed by atoms with Crippen LogP contribution < -0.4 is 0 Å². The van der Waals surface area contributed by atoms with Crippen LogP contribution in [0.2, 0.25) is 0 Å². The van der Waals surface area contributed by atoms with E-state index in [1.54, 1.807) is 25.0 Å². The van der Waals surface area contributed by atoms with E-state index >= 15 is 0 Å². The second-order valence-electron chi connectivity index (χ2n) is 12.1. The summed E-state index contributed by atoms with van der Waals surface area (Å²) in [5.74, 6) is -2.95. The Bertz CT molecular complexity index is 1170. The molecule has 12 nitrogen and oxygen atoms in total. The maximum absolute atomic E-state index is 13.2. The molecule has 4 unspecified atom stereocenters. The summed E-state index contributed by atoms with van der Waals surface area (Å²) in [6.45, 7) is 3.83. The Morgan fingerprint density at radius 1 is 0.705 bits per heavy atom. The fraction of sp³-hybridized carbons (Fsp3) is 0.688. The Kier molecular flexibility index (Phi) is 12.0. The number of carbonyl (C=O) groups excluding carboxylic acids is 4. The Morgan fingerprint density at radius 2 is 1.09 bits per heavy atom. The number of aryl methyl sites for hydroxylation is 2. The number of carbonyl (C=O) groups is 4. The fourth-order valence-corrected chi connectivity index (χ4v) is 5.47. The van der Waals surface area contributed by atoms with E-state index in [0.29, 0.717) is 25.7 Å². The van der Waals surface area contributed by atoms with Gasteiger partial charge in [0.25, 0.3) is 0 Å². The lowest BCUT2D eigenvalue weighted by Crippen LogP contribution is -2.33. The summed E-state index contributed by atoms with van der Waals surface area (Å²) in [4.78, 5) is 59.2. The van der Waals surface area contributed by atoms with E-state index in [0.717, 1.165) is 37.1 Å². The van der Waals surface area contributed by atoms with Crippen LogP contribution >= 0.6 is 0 Å². The molecule has 2 aromatic rings. The van der Waals surface area contributed by atoms with Crippen LogP contribution in [0, 0.1) is 35.5 Å². The first-order valence-electron chi connectivity index (χ1n) is 15.8. The molecule has 2 fully saturated rings. The molecule has 2 aliphatic rings.